The van der Waals surface area contributed by atoms with Gasteiger partial charge in [-0.15, -0.1) is 0 Å². The van der Waals surface area contributed by atoms with Gasteiger partial charge >= 0.3 is 5.97 Å². The lowest BCUT2D eigenvalue weighted by Crippen LogP contribution is -2.21. The van der Waals surface area contributed by atoms with Crippen molar-refractivity contribution in [1.29, 1.82) is 0 Å². The average Bonchev–Trinajstić information content (AvgIpc) is 2.33. The van der Waals surface area contributed by atoms with Crippen molar-refractivity contribution >= 4 is 17.6 Å². The predicted octanol–water partition coefficient (Wildman–Crippen LogP) is 1.21. The number of nitrogen functional groups attached to an aromatic ring is 1. The van der Waals surface area contributed by atoms with Gasteiger partial charge in [-0.2, -0.15) is 0 Å². The predicted molar refractivity (Wildman–Crippen MR) is 71.2 cm³/mol. The van der Waals surface area contributed by atoms with E-state index < -0.39 is 5.97 Å². The minimum Gasteiger partial charge on any atom is -0.493 e. The molecular weight excluding hydrogens is 248 g/mol. The van der Waals surface area contributed by atoms with Crippen LogP contribution >= 0.6 is 0 Å². The Kier molecular flexibility index (Phi) is 5.17. The summed E-state index contributed by atoms with van der Waals surface area (Å²) >= 11 is 0. The number of carboxylic acids is 1. The molecule has 1 aromatic rings. The van der Waals surface area contributed by atoms with E-state index >= 15 is 0 Å². The summed E-state index contributed by atoms with van der Waals surface area (Å²) in [5, 5.41) is 8.99. The van der Waals surface area contributed by atoms with Gasteiger partial charge in [0, 0.05) is 32.3 Å². The van der Waals surface area contributed by atoms with E-state index in [-0.39, 0.29) is 23.8 Å². The third-order valence-electron chi connectivity index (χ3n) is 2.53. The number of carbonyl (C=O) groups is 2. The Morgan fingerprint density at radius 2 is 2.05 bits per heavy atom. The molecule has 19 heavy (non-hydrogen) atoms. The third-order valence-corrected chi connectivity index (χ3v) is 2.53. The number of hydrogen-bond donors (Lipinski definition) is 2. The van der Waals surface area contributed by atoms with Crippen LogP contribution in [-0.4, -0.2) is 42.6 Å². The third kappa shape index (κ3) is 4.50. The van der Waals surface area contributed by atoms with Gasteiger partial charge in [0.25, 0.3) is 0 Å². The molecule has 1 amide bonds. The summed E-state index contributed by atoms with van der Waals surface area (Å²) in [5.74, 6) is -0.834. The van der Waals surface area contributed by atoms with E-state index in [2.05, 4.69) is 0 Å². The highest BCUT2D eigenvalue weighted by Crippen LogP contribution is 2.22. The van der Waals surface area contributed by atoms with Gasteiger partial charge in [0.15, 0.2) is 0 Å². The van der Waals surface area contributed by atoms with Crippen molar-refractivity contribution in [2.75, 3.05) is 26.4 Å². The van der Waals surface area contributed by atoms with Gasteiger partial charge in [-0.05, 0) is 18.6 Å². The molecule has 0 saturated heterocycles. The number of aromatic carboxylic acids is 1. The van der Waals surface area contributed by atoms with E-state index in [4.69, 9.17) is 15.6 Å². The standard InChI is InChI=1S/C13H18N2O4/c1-15(2)12(16)4-3-7-19-11-8-9(14)5-6-10(11)13(17)18/h5-6,8H,3-4,7,14H2,1-2H3,(H,17,18). The molecule has 6 heteroatoms. The molecule has 6 nitrogen and oxygen atoms in total. The number of rotatable bonds is 6. The Morgan fingerprint density at radius 1 is 1.37 bits per heavy atom. The number of amides is 1. The first-order valence-electron chi connectivity index (χ1n) is 5.87. The smallest absolute Gasteiger partial charge is 0.339 e. The molecule has 0 saturated carbocycles. The summed E-state index contributed by atoms with van der Waals surface area (Å²) in [6, 6.07) is 4.38. The lowest BCUT2D eigenvalue weighted by Gasteiger charge is -2.12. The highest BCUT2D eigenvalue weighted by molar-refractivity contribution is 5.91. The lowest BCUT2D eigenvalue weighted by atomic mass is 10.2. The quantitative estimate of drug-likeness (QED) is 0.596. The summed E-state index contributed by atoms with van der Waals surface area (Å²) in [6.07, 6.45) is 0.878. The summed E-state index contributed by atoms with van der Waals surface area (Å²) in [7, 11) is 3.37. The summed E-state index contributed by atoms with van der Waals surface area (Å²) in [5.41, 5.74) is 6.08. The van der Waals surface area contributed by atoms with E-state index in [0.717, 1.165) is 0 Å². The van der Waals surface area contributed by atoms with Crippen LogP contribution in [-0.2, 0) is 4.79 Å². The fraction of sp³-hybridized carbons (Fsp3) is 0.385. The number of anilines is 1. The van der Waals surface area contributed by atoms with Gasteiger partial charge in [-0.1, -0.05) is 0 Å². The molecule has 0 aromatic heterocycles. The van der Waals surface area contributed by atoms with Crippen LogP contribution in [0.2, 0.25) is 0 Å². The molecule has 0 unspecified atom stereocenters. The Labute approximate surface area is 111 Å². The van der Waals surface area contributed by atoms with E-state index in [1.54, 1.807) is 14.1 Å². The van der Waals surface area contributed by atoms with Gasteiger partial charge in [-0.25, -0.2) is 4.79 Å². The van der Waals surface area contributed by atoms with Crippen molar-refractivity contribution in [3.05, 3.63) is 23.8 Å². The van der Waals surface area contributed by atoms with Crippen LogP contribution in [0.5, 0.6) is 5.75 Å². The Balaban J connectivity index is 2.55. The molecule has 3 N–H and O–H groups in total. The highest BCUT2D eigenvalue weighted by Gasteiger charge is 2.11. The second-order valence-electron chi connectivity index (χ2n) is 4.30. The number of nitrogens with zero attached hydrogens (tertiary/aromatic N) is 1. The maximum absolute atomic E-state index is 11.3. The summed E-state index contributed by atoms with van der Waals surface area (Å²) in [4.78, 5) is 23.8. The van der Waals surface area contributed by atoms with Gasteiger partial charge in [0.2, 0.25) is 5.91 Å². The van der Waals surface area contributed by atoms with Crippen LogP contribution in [0.15, 0.2) is 18.2 Å². The number of hydrogen-bond acceptors (Lipinski definition) is 4. The number of carboxylic acid groups (broad SMARTS) is 1. The second kappa shape index (κ2) is 6.63. The number of benzene rings is 1. The Bertz CT molecular complexity index is 472. The number of ether oxygens (including phenoxy) is 1. The fourth-order valence-corrected chi connectivity index (χ4v) is 1.46. The topological polar surface area (TPSA) is 92.9 Å². The van der Waals surface area contributed by atoms with E-state index in [1.165, 1.54) is 23.1 Å². The highest BCUT2D eigenvalue weighted by atomic mass is 16.5. The van der Waals surface area contributed by atoms with Gasteiger partial charge in [0.05, 0.1) is 6.61 Å². The van der Waals surface area contributed by atoms with Crippen molar-refractivity contribution in [2.24, 2.45) is 0 Å². The number of carbonyl (C=O) groups excluding carboxylic acids is 1. The maximum atomic E-state index is 11.3. The van der Waals surface area contributed by atoms with Crippen molar-refractivity contribution in [2.45, 2.75) is 12.8 Å². The molecule has 1 aromatic carbocycles. The van der Waals surface area contributed by atoms with Crippen LogP contribution in [0.3, 0.4) is 0 Å². The Hall–Kier alpha value is -2.24. The zero-order chi connectivity index (χ0) is 14.4. The molecular formula is C13H18N2O4. The van der Waals surface area contributed by atoms with Crippen LogP contribution in [0.4, 0.5) is 5.69 Å². The van der Waals surface area contributed by atoms with E-state index in [9.17, 15) is 9.59 Å². The fourth-order valence-electron chi connectivity index (χ4n) is 1.46. The second-order valence-corrected chi connectivity index (χ2v) is 4.30. The molecule has 0 spiro atoms. The molecule has 0 radical (unpaired) electrons. The van der Waals surface area contributed by atoms with Crippen molar-refractivity contribution in [3.8, 4) is 5.75 Å². The van der Waals surface area contributed by atoms with Crippen LogP contribution < -0.4 is 10.5 Å². The first kappa shape index (κ1) is 14.8. The van der Waals surface area contributed by atoms with Gasteiger partial charge in [-0.3, -0.25) is 4.79 Å². The monoisotopic (exact) mass is 266 g/mol. The molecule has 0 heterocycles. The summed E-state index contributed by atoms with van der Waals surface area (Å²) in [6.45, 7) is 0.267. The van der Waals surface area contributed by atoms with E-state index in [0.29, 0.717) is 18.5 Å². The first-order chi connectivity index (χ1) is 8.91. The van der Waals surface area contributed by atoms with Crippen molar-refractivity contribution in [3.63, 3.8) is 0 Å². The summed E-state index contributed by atoms with van der Waals surface area (Å²) < 4.78 is 5.38. The molecule has 0 aliphatic heterocycles. The van der Waals surface area contributed by atoms with Gasteiger partial charge in [0.1, 0.15) is 11.3 Å². The number of nitrogens with two attached hydrogens (primary N) is 1. The largest absolute Gasteiger partial charge is 0.493 e. The molecule has 1 rings (SSSR count). The lowest BCUT2D eigenvalue weighted by molar-refractivity contribution is -0.128. The minimum absolute atomic E-state index is 0.00892. The average molecular weight is 266 g/mol. The molecule has 0 atom stereocenters. The SMILES string of the molecule is CN(C)C(=O)CCCOc1cc(N)ccc1C(=O)O. The van der Waals surface area contributed by atoms with Crippen LogP contribution in [0.25, 0.3) is 0 Å². The minimum atomic E-state index is -1.07. The van der Waals surface area contributed by atoms with Crippen LogP contribution in [0.1, 0.15) is 23.2 Å². The molecule has 0 fully saturated rings. The maximum Gasteiger partial charge on any atom is 0.339 e. The molecule has 104 valence electrons. The molecule has 0 bridgehead atoms. The van der Waals surface area contributed by atoms with Crippen molar-refractivity contribution in [1.82, 2.24) is 4.90 Å². The van der Waals surface area contributed by atoms with Crippen LogP contribution in [0, 0.1) is 0 Å². The van der Waals surface area contributed by atoms with E-state index in [1.807, 2.05) is 0 Å². The Morgan fingerprint density at radius 3 is 2.63 bits per heavy atom. The van der Waals surface area contributed by atoms with Gasteiger partial charge < -0.3 is 20.5 Å². The zero-order valence-electron chi connectivity index (χ0n) is 11.0. The zero-order valence-corrected chi connectivity index (χ0v) is 11.0. The normalized spacial score (nSPS) is 10.0. The molecule has 0 aliphatic carbocycles. The first-order valence-corrected chi connectivity index (χ1v) is 5.87. The molecule has 0 aliphatic rings. The van der Waals surface area contributed by atoms with Crippen molar-refractivity contribution < 1.29 is 19.4 Å².